The standard InChI is InChI=1S/C15H13N3O2/c16-10-7-4-8-11-12(10)14(19)18-13(15(20)17-11)9-5-2-1-3-6-9/h1-8,13H,16H2,(H,17,20)(H,18,19)/t13-/m0/s1. The lowest BCUT2D eigenvalue weighted by atomic mass is 10.1. The van der Waals surface area contributed by atoms with Gasteiger partial charge >= 0.3 is 0 Å². The molecule has 4 N–H and O–H groups in total. The van der Waals surface area contributed by atoms with E-state index in [0.717, 1.165) is 5.56 Å². The van der Waals surface area contributed by atoms with Crippen molar-refractivity contribution in [2.24, 2.45) is 0 Å². The molecule has 20 heavy (non-hydrogen) atoms. The summed E-state index contributed by atoms with van der Waals surface area (Å²) in [4.78, 5) is 24.5. The number of anilines is 2. The molecule has 0 fully saturated rings. The summed E-state index contributed by atoms with van der Waals surface area (Å²) in [6, 6.07) is 13.4. The van der Waals surface area contributed by atoms with Gasteiger partial charge in [-0.05, 0) is 17.7 Å². The quantitative estimate of drug-likeness (QED) is 0.687. The van der Waals surface area contributed by atoms with Crippen LogP contribution in [0, 0.1) is 0 Å². The number of rotatable bonds is 1. The molecule has 0 unspecified atom stereocenters. The van der Waals surface area contributed by atoms with Gasteiger partial charge in [0.15, 0.2) is 0 Å². The number of hydrogen-bond acceptors (Lipinski definition) is 3. The SMILES string of the molecule is Nc1cccc2c1C(=O)N[C@@H](c1ccccc1)C(=O)N2. The lowest BCUT2D eigenvalue weighted by Gasteiger charge is -2.14. The third-order valence-corrected chi connectivity index (χ3v) is 3.25. The first-order valence-corrected chi connectivity index (χ1v) is 6.22. The second kappa shape index (κ2) is 4.70. The van der Waals surface area contributed by atoms with Crippen LogP contribution in [-0.4, -0.2) is 11.8 Å². The molecule has 0 aliphatic carbocycles. The number of amides is 2. The van der Waals surface area contributed by atoms with E-state index in [0.29, 0.717) is 16.9 Å². The topological polar surface area (TPSA) is 84.2 Å². The zero-order valence-corrected chi connectivity index (χ0v) is 10.6. The van der Waals surface area contributed by atoms with Crippen molar-refractivity contribution >= 4 is 23.2 Å². The van der Waals surface area contributed by atoms with E-state index in [2.05, 4.69) is 10.6 Å². The summed E-state index contributed by atoms with van der Waals surface area (Å²) in [5.41, 5.74) is 7.63. The van der Waals surface area contributed by atoms with Crippen LogP contribution >= 0.6 is 0 Å². The molecule has 1 aliphatic heterocycles. The number of benzene rings is 2. The van der Waals surface area contributed by atoms with Crippen molar-refractivity contribution in [1.82, 2.24) is 5.32 Å². The largest absolute Gasteiger partial charge is 0.398 e. The highest BCUT2D eigenvalue weighted by Crippen LogP contribution is 2.27. The Morgan fingerprint density at radius 2 is 1.70 bits per heavy atom. The smallest absolute Gasteiger partial charge is 0.256 e. The number of nitrogens with two attached hydrogens (primary N) is 1. The zero-order valence-electron chi connectivity index (χ0n) is 10.6. The number of hydrogen-bond donors (Lipinski definition) is 3. The summed E-state index contributed by atoms with van der Waals surface area (Å²) in [7, 11) is 0. The van der Waals surface area contributed by atoms with E-state index >= 15 is 0 Å². The first kappa shape index (κ1) is 12.2. The Balaban J connectivity index is 2.04. The summed E-state index contributed by atoms with van der Waals surface area (Å²) < 4.78 is 0. The van der Waals surface area contributed by atoms with Gasteiger partial charge in [-0.2, -0.15) is 0 Å². The fourth-order valence-electron chi connectivity index (χ4n) is 2.28. The van der Waals surface area contributed by atoms with Crippen LogP contribution in [0.25, 0.3) is 0 Å². The molecule has 0 aromatic heterocycles. The molecule has 2 aromatic rings. The van der Waals surface area contributed by atoms with Crippen LogP contribution in [-0.2, 0) is 4.79 Å². The van der Waals surface area contributed by atoms with Gasteiger partial charge in [-0.3, -0.25) is 9.59 Å². The Hall–Kier alpha value is -2.82. The Bertz CT molecular complexity index is 683. The van der Waals surface area contributed by atoms with E-state index in [1.807, 2.05) is 18.2 Å². The molecular formula is C15H13N3O2. The number of carbonyl (C=O) groups excluding carboxylic acids is 2. The maximum Gasteiger partial charge on any atom is 0.256 e. The van der Waals surface area contributed by atoms with Crippen LogP contribution in [0.15, 0.2) is 48.5 Å². The molecular weight excluding hydrogens is 254 g/mol. The highest BCUT2D eigenvalue weighted by atomic mass is 16.2. The molecule has 1 heterocycles. The Morgan fingerprint density at radius 3 is 2.45 bits per heavy atom. The molecule has 0 saturated heterocycles. The van der Waals surface area contributed by atoms with Gasteiger partial charge in [-0.15, -0.1) is 0 Å². The van der Waals surface area contributed by atoms with Gasteiger partial charge in [-0.25, -0.2) is 0 Å². The zero-order chi connectivity index (χ0) is 14.1. The molecule has 3 rings (SSSR count). The first-order chi connectivity index (χ1) is 9.66. The van der Waals surface area contributed by atoms with E-state index in [1.165, 1.54) is 0 Å². The molecule has 2 aromatic carbocycles. The lowest BCUT2D eigenvalue weighted by molar-refractivity contribution is -0.118. The average Bonchev–Trinajstić information content (AvgIpc) is 2.57. The van der Waals surface area contributed by atoms with Crippen LogP contribution < -0.4 is 16.4 Å². The average molecular weight is 267 g/mol. The fraction of sp³-hybridized carbons (Fsp3) is 0.0667. The highest BCUT2D eigenvalue weighted by Gasteiger charge is 2.29. The van der Waals surface area contributed by atoms with E-state index in [9.17, 15) is 9.59 Å². The van der Waals surface area contributed by atoms with Crippen molar-refractivity contribution < 1.29 is 9.59 Å². The third kappa shape index (κ3) is 1.99. The molecule has 2 amide bonds. The first-order valence-electron chi connectivity index (χ1n) is 6.22. The van der Waals surface area contributed by atoms with E-state index in [4.69, 9.17) is 5.73 Å². The molecule has 5 nitrogen and oxygen atoms in total. The predicted molar refractivity (Wildman–Crippen MR) is 76.1 cm³/mol. The van der Waals surface area contributed by atoms with E-state index in [1.54, 1.807) is 30.3 Å². The summed E-state index contributed by atoms with van der Waals surface area (Å²) >= 11 is 0. The van der Waals surface area contributed by atoms with E-state index in [-0.39, 0.29) is 11.8 Å². The second-order valence-electron chi connectivity index (χ2n) is 4.58. The molecule has 5 heteroatoms. The van der Waals surface area contributed by atoms with Gasteiger partial charge in [-0.1, -0.05) is 36.4 Å². The van der Waals surface area contributed by atoms with Crippen LogP contribution in [0.1, 0.15) is 22.0 Å². The Labute approximate surface area is 115 Å². The third-order valence-electron chi connectivity index (χ3n) is 3.25. The molecule has 0 radical (unpaired) electrons. The van der Waals surface area contributed by atoms with Crippen molar-refractivity contribution in [2.45, 2.75) is 6.04 Å². The maximum atomic E-state index is 12.3. The minimum atomic E-state index is -0.726. The monoisotopic (exact) mass is 267 g/mol. The molecule has 100 valence electrons. The normalized spacial score (nSPS) is 17.7. The Kier molecular flexibility index (Phi) is 2.87. The van der Waals surface area contributed by atoms with Crippen molar-refractivity contribution in [3.63, 3.8) is 0 Å². The maximum absolute atomic E-state index is 12.3. The summed E-state index contributed by atoms with van der Waals surface area (Å²) in [5, 5.41) is 5.45. The summed E-state index contributed by atoms with van der Waals surface area (Å²) in [6.07, 6.45) is 0. The van der Waals surface area contributed by atoms with E-state index < -0.39 is 6.04 Å². The fourth-order valence-corrected chi connectivity index (χ4v) is 2.28. The van der Waals surface area contributed by atoms with Crippen LogP contribution in [0.2, 0.25) is 0 Å². The Morgan fingerprint density at radius 1 is 0.950 bits per heavy atom. The molecule has 0 bridgehead atoms. The molecule has 0 spiro atoms. The predicted octanol–water partition coefficient (Wildman–Crippen LogP) is 1.69. The van der Waals surface area contributed by atoms with Gasteiger partial charge in [0, 0.05) is 5.69 Å². The van der Waals surface area contributed by atoms with Crippen LogP contribution in [0.5, 0.6) is 0 Å². The number of carbonyl (C=O) groups is 2. The second-order valence-corrected chi connectivity index (χ2v) is 4.58. The summed E-state index contributed by atoms with van der Waals surface area (Å²) in [5.74, 6) is -0.640. The number of nitrogen functional groups attached to an aromatic ring is 1. The number of nitrogens with one attached hydrogen (secondary N) is 2. The van der Waals surface area contributed by atoms with Gasteiger partial charge in [0.25, 0.3) is 11.8 Å². The molecule has 1 atom stereocenters. The van der Waals surface area contributed by atoms with Gasteiger partial charge in [0.1, 0.15) is 6.04 Å². The molecule has 0 saturated carbocycles. The van der Waals surface area contributed by atoms with Gasteiger partial charge in [0.05, 0.1) is 11.3 Å². The van der Waals surface area contributed by atoms with Gasteiger partial charge in [0.2, 0.25) is 0 Å². The van der Waals surface area contributed by atoms with Crippen molar-refractivity contribution in [3.05, 3.63) is 59.7 Å². The molecule has 1 aliphatic rings. The van der Waals surface area contributed by atoms with Crippen molar-refractivity contribution in [1.29, 1.82) is 0 Å². The van der Waals surface area contributed by atoms with Crippen molar-refractivity contribution in [2.75, 3.05) is 11.1 Å². The van der Waals surface area contributed by atoms with Crippen molar-refractivity contribution in [3.8, 4) is 0 Å². The minimum absolute atomic E-state index is 0.283. The lowest BCUT2D eigenvalue weighted by Crippen LogP contribution is -2.33. The van der Waals surface area contributed by atoms with Crippen LogP contribution in [0.4, 0.5) is 11.4 Å². The summed E-state index contributed by atoms with van der Waals surface area (Å²) in [6.45, 7) is 0. The number of fused-ring (bicyclic) bond motifs is 1. The van der Waals surface area contributed by atoms with Gasteiger partial charge < -0.3 is 16.4 Å². The minimum Gasteiger partial charge on any atom is -0.398 e. The highest BCUT2D eigenvalue weighted by molar-refractivity contribution is 6.12. The van der Waals surface area contributed by atoms with Crippen LogP contribution in [0.3, 0.4) is 0 Å².